The molecule has 0 atom stereocenters. The largest absolute Gasteiger partial charge is 0.423 e. The van der Waals surface area contributed by atoms with Gasteiger partial charge in [0.1, 0.15) is 5.75 Å². The molecule has 0 aromatic heterocycles. The molecule has 6 nitrogen and oxygen atoms in total. The number of hydrazone groups is 1. The molecule has 0 fully saturated rings. The van der Waals surface area contributed by atoms with Crippen LogP contribution < -0.4 is 4.74 Å². The Morgan fingerprint density at radius 1 is 0.767 bits per heavy atom. The zero-order chi connectivity index (χ0) is 20.9. The van der Waals surface area contributed by atoms with E-state index in [9.17, 15) is 14.4 Å². The fourth-order valence-electron chi connectivity index (χ4n) is 2.91. The van der Waals surface area contributed by atoms with Crippen LogP contribution in [0.4, 0.5) is 0 Å². The SMILES string of the molecule is O=C(/C=C/c1ccccc1)Oc1ccc(/C=N/N2C(=O)c3ccccc3C2=O)cc1. The number of hydrogen-bond donors (Lipinski definition) is 0. The molecule has 6 heteroatoms. The van der Waals surface area contributed by atoms with Crippen molar-refractivity contribution in [1.29, 1.82) is 0 Å². The van der Waals surface area contributed by atoms with Gasteiger partial charge in [-0.1, -0.05) is 42.5 Å². The zero-order valence-electron chi connectivity index (χ0n) is 15.8. The molecule has 3 aromatic carbocycles. The predicted octanol–water partition coefficient (Wildman–Crippen LogP) is 3.94. The Morgan fingerprint density at radius 2 is 1.37 bits per heavy atom. The van der Waals surface area contributed by atoms with Crippen LogP contribution in [-0.4, -0.2) is 29.0 Å². The number of carbonyl (C=O) groups is 3. The molecule has 1 aliphatic rings. The molecule has 0 saturated carbocycles. The Bertz CT molecular complexity index is 1130. The molecule has 4 rings (SSSR count). The van der Waals surface area contributed by atoms with Crippen LogP contribution in [-0.2, 0) is 4.79 Å². The second kappa shape index (κ2) is 8.36. The molecule has 0 bridgehead atoms. The lowest BCUT2D eigenvalue weighted by molar-refractivity contribution is -0.128. The van der Waals surface area contributed by atoms with Crippen LogP contribution in [0.5, 0.6) is 5.75 Å². The third-order valence-corrected chi connectivity index (χ3v) is 4.40. The predicted molar refractivity (Wildman–Crippen MR) is 112 cm³/mol. The van der Waals surface area contributed by atoms with Crippen molar-refractivity contribution in [1.82, 2.24) is 5.01 Å². The highest BCUT2D eigenvalue weighted by molar-refractivity contribution is 6.21. The zero-order valence-corrected chi connectivity index (χ0v) is 15.8. The van der Waals surface area contributed by atoms with Gasteiger partial charge in [-0.25, -0.2) is 4.79 Å². The van der Waals surface area contributed by atoms with Gasteiger partial charge in [-0.05, 0) is 53.6 Å². The smallest absolute Gasteiger partial charge is 0.336 e. The van der Waals surface area contributed by atoms with Crippen LogP contribution in [0.2, 0.25) is 0 Å². The number of hydrogen-bond acceptors (Lipinski definition) is 5. The van der Waals surface area contributed by atoms with Crippen LogP contribution in [0.3, 0.4) is 0 Å². The molecule has 0 saturated heterocycles. The maximum Gasteiger partial charge on any atom is 0.336 e. The molecular formula is C24H16N2O4. The highest BCUT2D eigenvalue weighted by Gasteiger charge is 2.35. The first-order valence-electron chi connectivity index (χ1n) is 9.18. The Labute approximate surface area is 172 Å². The monoisotopic (exact) mass is 396 g/mol. The molecule has 2 amide bonds. The number of fused-ring (bicyclic) bond motifs is 1. The molecule has 0 unspecified atom stereocenters. The van der Waals surface area contributed by atoms with Crippen LogP contribution in [0.1, 0.15) is 31.8 Å². The van der Waals surface area contributed by atoms with Crippen molar-refractivity contribution in [2.75, 3.05) is 0 Å². The average Bonchev–Trinajstić information content (AvgIpc) is 3.03. The number of esters is 1. The second-order valence-corrected chi connectivity index (χ2v) is 6.45. The van der Waals surface area contributed by atoms with Crippen LogP contribution >= 0.6 is 0 Å². The van der Waals surface area contributed by atoms with Gasteiger partial charge in [0.25, 0.3) is 11.8 Å². The summed E-state index contributed by atoms with van der Waals surface area (Å²) in [5, 5.41) is 4.85. The van der Waals surface area contributed by atoms with Crippen LogP contribution in [0, 0.1) is 0 Å². The van der Waals surface area contributed by atoms with Gasteiger partial charge in [0.05, 0.1) is 17.3 Å². The molecule has 3 aromatic rings. The topological polar surface area (TPSA) is 76.0 Å². The van der Waals surface area contributed by atoms with Crippen molar-refractivity contribution in [2.45, 2.75) is 0 Å². The number of carbonyl (C=O) groups excluding carboxylic acids is 3. The molecular weight excluding hydrogens is 380 g/mol. The van der Waals surface area contributed by atoms with Gasteiger partial charge in [0.2, 0.25) is 0 Å². The fraction of sp³-hybridized carbons (Fsp3) is 0. The van der Waals surface area contributed by atoms with Gasteiger partial charge in [0, 0.05) is 6.08 Å². The maximum absolute atomic E-state index is 12.3. The number of benzene rings is 3. The minimum Gasteiger partial charge on any atom is -0.423 e. The Hall–Kier alpha value is -4.32. The van der Waals surface area contributed by atoms with Gasteiger partial charge in [-0.15, -0.1) is 0 Å². The summed E-state index contributed by atoms with van der Waals surface area (Å²) < 4.78 is 5.26. The van der Waals surface area contributed by atoms with E-state index in [2.05, 4.69) is 5.10 Å². The lowest BCUT2D eigenvalue weighted by Gasteiger charge is -2.06. The molecule has 0 N–H and O–H groups in total. The first kappa shape index (κ1) is 19.0. The lowest BCUT2D eigenvalue weighted by atomic mass is 10.1. The van der Waals surface area contributed by atoms with Crippen molar-refractivity contribution in [3.05, 3.63) is 107 Å². The summed E-state index contributed by atoms with van der Waals surface area (Å²) in [6.07, 6.45) is 4.43. The summed E-state index contributed by atoms with van der Waals surface area (Å²) in [5.41, 5.74) is 2.22. The summed E-state index contributed by atoms with van der Waals surface area (Å²) in [6, 6.07) is 22.6. The highest BCUT2D eigenvalue weighted by atomic mass is 16.5. The molecule has 0 radical (unpaired) electrons. The number of amides is 2. The van der Waals surface area contributed by atoms with E-state index in [0.717, 1.165) is 10.6 Å². The summed E-state index contributed by atoms with van der Waals surface area (Å²) in [5.74, 6) is -1.04. The van der Waals surface area contributed by atoms with Crippen molar-refractivity contribution < 1.29 is 19.1 Å². The van der Waals surface area contributed by atoms with E-state index in [4.69, 9.17) is 4.74 Å². The van der Waals surface area contributed by atoms with Crippen molar-refractivity contribution in [3.8, 4) is 5.75 Å². The standard InChI is InChI=1S/C24H16N2O4/c27-22(15-12-17-6-2-1-3-7-17)30-19-13-10-18(11-14-19)16-25-26-23(28)20-8-4-5-9-21(20)24(26)29/h1-16H/b15-12+,25-16+. The number of ether oxygens (including phenoxy) is 1. The normalized spacial score (nSPS) is 13.3. The molecule has 30 heavy (non-hydrogen) atoms. The van der Waals surface area contributed by atoms with E-state index in [-0.39, 0.29) is 0 Å². The minimum absolute atomic E-state index is 0.338. The van der Waals surface area contributed by atoms with E-state index in [1.807, 2.05) is 30.3 Å². The number of imide groups is 1. The molecule has 1 heterocycles. The summed E-state index contributed by atoms with van der Waals surface area (Å²) in [6.45, 7) is 0. The molecule has 0 aliphatic carbocycles. The van der Waals surface area contributed by atoms with E-state index in [1.165, 1.54) is 12.3 Å². The maximum atomic E-state index is 12.3. The van der Waals surface area contributed by atoms with Crippen molar-refractivity contribution >= 4 is 30.1 Å². The Morgan fingerprint density at radius 3 is 2.00 bits per heavy atom. The highest BCUT2D eigenvalue weighted by Crippen LogP contribution is 2.22. The van der Waals surface area contributed by atoms with E-state index in [1.54, 1.807) is 54.6 Å². The third-order valence-electron chi connectivity index (χ3n) is 4.40. The molecule has 1 aliphatic heterocycles. The first-order chi connectivity index (χ1) is 14.6. The summed E-state index contributed by atoms with van der Waals surface area (Å²) in [7, 11) is 0. The van der Waals surface area contributed by atoms with Crippen molar-refractivity contribution in [3.63, 3.8) is 0 Å². The third kappa shape index (κ3) is 4.07. The van der Waals surface area contributed by atoms with Gasteiger partial charge in [-0.3, -0.25) is 9.59 Å². The minimum atomic E-state index is -0.494. The number of nitrogens with zero attached hydrogens (tertiary/aromatic N) is 2. The molecule has 0 spiro atoms. The van der Waals surface area contributed by atoms with Gasteiger partial charge in [0.15, 0.2) is 0 Å². The Kier molecular flexibility index (Phi) is 5.30. The lowest BCUT2D eigenvalue weighted by Crippen LogP contribution is -2.23. The van der Waals surface area contributed by atoms with E-state index >= 15 is 0 Å². The van der Waals surface area contributed by atoms with Crippen molar-refractivity contribution in [2.24, 2.45) is 5.10 Å². The first-order valence-corrected chi connectivity index (χ1v) is 9.18. The van der Waals surface area contributed by atoms with Crippen LogP contribution in [0.15, 0.2) is 90.0 Å². The van der Waals surface area contributed by atoms with Gasteiger partial charge >= 0.3 is 5.97 Å². The second-order valence-electron chi connectivity index (χ2n) is 6.45. The van der Waals surface area contributed by atoms with E-state index < -0.39 is 17.8 Å². The fourth-order valence-corrected chi connectivity index (χ4v) is 2.91. The van der Waals surface area contributed by atoms with Crippen LogP contribution in [0.25, 0.3) is 6.08 Å². The van der Waals surface area contributed by atoms with E-state index in [0.29, 0.717) is 22.4 Å². The summed E-state index contributed by atoms with van der Waals surface area (Å²) >= 11 is 0. The Balaban J connectivity index is 1.38. The van der Waals surface area contributed by atoms with Gasteiger partial charge in [-0.2, -0.15) is 10.1 Å². The average molecular weight is 396 g/mol. The summed E-state index contributed by atoms with van der Waals surface area (Å²) in [4.78, 5) is 36.5. The van der Waals surface area contributed by atoms with Gasteiger partial charge < -0.3 is 4.74 Å². The molecule has 146 valence electrons. The quantitative estimate of drug-likeness (QED) is 0.215. The number of rotatable bonds is 5.